The van der Waals surface area contributed by atoms with E-state index in [0.717, 1.165) is 22.3 Å². The molecule has 2 aromatic carbocycles. The number of carboxylic acid groups (broad SMARTS) is 1. The molecule has 0 saturated carbocycles. The number of rotatable bonds is 7. The molecule has 9 nitrogen and oxygen atoms in total. The molecule has 0 aliphatic heterocycles. The number of ether oxygens (including phenoxy) is 1. The number of carbonyl (C=O) groups excluding carboxylic acids is 2. The number of alkyl carbamates (subject to hydrolysis) is 1. The van der Waals surface area contributed by atoms with Crippen LogP contribution in [-0.2, 0) is 14.3 Å². The lowest BCUT2D eigenvalue weighted by atomic mass is 9.98. The van der Waals surface area contributed by atoms with Gasteiger partial charge in [-0.15, -0.1) is 0 Å². The second-order valence-electron chi connectivity index (χ2n) is 7.20. The number of nitrogens with zero attached hydrogens (tertiary/aromatic N) is 1. The van der Waals surface area contributed by atoms with Gasteiger partial charge in [0.1, 0.15) is 18.5 Å². The minimum atomic E-state index is -1.33. The van der Waals surface area contributed by atoms with E-state index in [9.17, 15) is 14.4 Å². The molecule has 1 atom stereocenters. The highest BCUT2D eigenvalue weighted by Crippen LogP contribution is 2.44. The molecular weight excluding hydrogens is 480 g/mol. The summed E-state index contributed by atoms with van der Waals surface area (Å²) in [6, 6.07) is 14.5. The highest BCUT2D eigenvalue weighted by Gasteiger charge is 2.30. The molecule has 0 spiro atoms. The fraction of sp³-hybridized carbons (Fsp3) is 0.182. The Balaban J connectivity index is 1.43. The highest BCUT2D eigenvalue weighted by atomic mass is 79.9. The maximum Gasteiger partial charge on any atom is 0.407 e. The van der Waals surface area contributed by atoms with Gasteiger partial charge in [0.05, 0.1) is 17.1 Å². The summed E-state index contributed by atoms with van der Waals surface area (Å²) in [4.78, 5) is 36.2. The number of carbonyl (C=O) groups is 3. The first-order valence-corrected chi connectivity index (χ1v) is 10.6. The van der Waals surface area contributed by atoms with Crippen molar-refractivity contribution in [1.29, 1.82) is 0 Å². The lowest BCUT2D eigenvalue weighted by Gasteiger charge is -2.18. The Morgan fingerprint density at radius 1 is 1.09 bits per heavy atom. The normalized spacial score (nSPS) is 13.0. The van der Waals surface area contributed by atoms with Gasteiger partial charge in [0.2, 0.25) is 5.91 Å². The number of benzene rings is 2. The molecule has 4 rings (SSSR count). The van der Waals surface area contributed by atoms with Crippen LogP contribution in [0.4, 0.5) is 10.6 Å². The first-order valence-electron chi connectivity index (χ1n) is 9.77. The van der Waals surface area contributed by atoms with Crippen molar-refractivity contribution in [2.45, 2.75) is 18.4 Å². The molecule has 0 fully saturated rings. The minimum absolute atomic E-state index is 0.0490. The van der Waals surface area contributed by atoms with Gasteiger partial charge in [-0.05, 0) is 38.2 Å². The summed E-state index contributed by atoms with van der Waals surface area (Å²) in [6.45, 7) is 0.0490. The van der Waals surface area contributed by atoms with E-state index in [1.54, 1.807) is 0 Å². The zero-order valence-electron chi connectivity index (χ0n) is 16.7. The maximum absolute atomic E-state index is 12.5. The summed E-state index contributed by atoms with van der Waals surface area (Å²) >= 11 is 3.20. The molecular formula is C22H19BrN4O5. The molecule has 1 aromatic heterocycles. The molecule has 4 N–H and O–H groups in total. The maximum atomic E-state index is 12.5. The van der Waals surface area contributed by atoms with E-state index in [1.807, 2.05) is 48.5 Å². The third kappa shape index (κ3) is 4.50. The molecule has 0 saturated heterocycles. The smallest absolute Gasteiger partial charge is 0.407 e. The fourth-order valence-corrected chi connectivity index (χ4v) is 4.03. The Kier molecular flexibility index (Phi) is 6.22. The van der Waals surface area contributed by atoms with Crippen LogP contribution in [0.3, 0.4) is 0 Å². The van der Waals surface area contributed by atoms with E-state index >= 15 is 0 Å². The van der Waals surface area contributed by atoms with Gasteiger partial charge in [-0.1, -0.05) is 48.5 Å². The van der Waals surface area contributed by atoms with E-state index < -0.39 is 30.4 Å². The van der Waals surface area contributed by atoms with Crippen molar-refractivity contribution < 1.29 is 24.2 Å². The van der Waals surface area contributed by atoms with Crippen LogP contribution in [-0.4, -0.2) is 45.9 Å². The summed E-state index contributed by atoms with van der Waals surface area (Å²) in [7, 11) is 0. The second-order valence-corrected chi connectivity index (χ2v) is 8.06. The van der Waals surface area contributed by atoms with Gasteiger partial charge in [0.15, 0.2) is 0 Å². The second kappa shape index (κ2) is 9.23. The standard InChI is InChI=1S/C22H19BrN4O5/c23-17-10-24-27-20(17)26-21(30)18(9-19(28)29)25-22(31)32-11-16-14-7-3-1-5-12(14)13-6-2-4-8-15(13)16/h1-8,10,16,18H,9,11H2,(H,25,31)(H,28,29)(H2,24,26,27,30). The molecule has 10 heteroatoms. The fourth-order valence-electron chi connectivity index (χ4n) is 3.74. The number of hydrogen-bond donors (Lipinski definition) is 4. The van der Waals surface area contributed by atoms with Crippen LogP contribution in [0.5, 0.6) is 0 Å². The first kappa shape index (κ1) is 21.6. The average molecular weight is 499 g/mol. The van der Waals surface area contributed by atoms with Crippen LogP contribution in [0.25, 0.3) is 11.1 Å². The number of fused-ring (bicyclic) bond motifs is 3. The van der Waals surface area contributed by atoms with Crippen molar-refractivity contribution in [1.82, 2.24) is 15.5 Å². The molecule has 0 radical (unpaired) electrons. The number of aromatic amines is 1. The predicted octanol–water partition coefficient (Wildman–Crippen LogP) is 3.49. The number of aliphatic carboxylic acids is 1. The summed E-state index contributed by atoms with van der Waals surface area (Å²) in [5.41, 5.74) is 4.27. The van der Waals surface area contributed by atoms with Crippen LogP contribution < -0.4 is 10.6 Å². The monoisotopic (exact) mass is 498 g/mol. The average Bonchev–Trinajstić information content (AvgIpc) is 3.32. The number of anilines is 1. The molecule has 32 heavy (non-hydrogen) atoms. The predicted molar refractivity (Wildman–Crippen MR) is 119 cm³/mol. The third-order valence-corrected chi connectivity index (χ3v) is 5.77. The number of aromatic nitrogens is 2. The number of nitrogens with one attached hydrogen (secondary N) is 3. The Morgan fingerprint density at radius 3 is 2.28 bits per heavy atom. The molecule has 2 amide bonds. The van der Waals surface area contributed by atoms with Gasteiger partial charge in [0, 0.05) is 5.92 Å². The van der Waals surface area contributed by atoms with Crippen molar-refractivity contribution in [3.8, 4) is 11.1 Å². The Labute approximate surface area is 191 Å². The van der Waals surface area contributed by atoms with E-state index in [2.05, 4.69) is 36.8 Å². The minimum Gasteiger partial charge on any atom is -0.481 e. The van der Waals surface area contributed by atoms with Gasteiger partial charge >= 0.3 is 12.1 Å². The molecule has 1 aliphatic rings. The van der Waals surface area contributed by atoms with Crippen LogP contribution in [0.15, 0.2) is 59.2 Å². The number of H-pyrrole nitrogens is 1. The summed E-state index contributed by atoms with van der Waals surface area (Å²) < 4.78 is 5.90. The molecule has 0 bridgehead atoms. The van der Waals surface area contributed by atoms with Crippen LogP contribution in [0, 0.1) is 0 Å². The van der Waals surface area contributed by atoms with Crippen molar-refractivity contribution in [3.63, 3.8) is 0 Å². The topological polar surface area (TPSA) is 133 Å². The van der Waals surface area contributed by atoms with E-state index in [4.69, 9.17) is 9.84 Å². The van der Waals surface area contributed by atoms with Crippen LogP contribution >= 0.6 is 15.9 Å². The Bertz CT molecular complexity index is 1130. The Morgan fingerprint density at radius 2 is 1.72 bits per heavy atom. The van der Waals surface area contributed by atoms with Crippen LogP contribution in [0.1, 0.15) is 23.5 Å². The summed E-state index contributed by atoms with van der Waals surface area (Å²) in [5.74, 6) is -1.86. The van der Waals surface area contributed by atoms with Gasteiger partial charge in [-0.2, -0.15) is 5.10 Å². The van der Waals surface area contributed by atoms with Gasteiger partial charge in [-0.3, -0.25) is 14.7 Å². The summed E-state index contributed by atoms with van der Waals surface area (Å²) in [5, 5.41) is 20.3. The zero-order valence-corrected chi connectivity index (χ0v) is 18.3. The quantitative estimate of drug-likeness (QED) is 0.393. The number of halogens is 1. The van der Waals surface area contributed by atoms with E-state index in [-0.39, 0.29) is 18.3 Å². The van der Waals surface area contributed by atoms with Crippen molar-refractivity contribution in [2.24, 2.45) is 0 Å². The van der Waals surface area contributed by atoms with E-state index in [1.165, 1.54) is 6.20 Å². The van der Waals surface area contributed by atoms with Crippen LogP contribution in [0.2, 0.25) is 0 Å². The van der Waals surface area contributed by atoms with Gasteiger partial charge in [-0.25, -0.2) is 4.79 Å². The Hall–Kier alpha value is -3.66. The largest absolute Gasteiger partial charge is 0.481 e. The van der Waals surface area contributed by atoms with Crippen molar-refractivity contribution >= 4 is 39.7 Å². The lowest BCUT2D eigenvalue weighted by Crippen LogP contribution is -2.45. The number of amides is 2. The molecule has 1 aliphatic carbocycles. The van der Waals surface area contributed by atoms with E-state index in [0.29, 0.717) is 4.47 Å². The first-order chi connectivity index (χ1) is 15.4. The number of hydrogen-bond acceptors (Lipinski definition) is 5. The SMILES string of the molecule is O=C(O)CC(NC(=O)OCC1c2ccccc2-c2ccccc21)C(=O)Nc1[nH]ncc1Br. The highest BCUT2D eigenvalue weighted by molar-refractivity contribution is 9.10. The van der Waals surface area contributed by atoms with Crippen molar-refractivity contribution in [2.75, 3.05) is 11.9 Å². The van der Waals surface area contributed by atoms with Gasteiger partial charge < -0.3 is 20.5 Å². The number of carboxylic acids is 1. The lowest BCUT2D eigenvalue weighted by molar-refractivity contribution is -0.139. The molecule has 164 valence electrons. The third-order valence-electron chi connectivity index (χ3n) is 5.17. The summed E-state index contributed by atoms with van der Waals surface area (Å²) in [6.07, 6.45) is -0.0558. The molecule has 1 unspecified atom stereocenters. The molecule has 1 heterocycles. The van der Waals surface area contributed by atoms with Gasteiger partial charge in [0.25, 0.3) is 0 Å². The van der Waals surface area contributed by atoms with Crippen molar-refractivity contribution in [3.05, 3.63) is 70.3 Å². The molecule has 3 aromatic rings. The zero-order chi connectivity index (χ0) is 22.7.